The highest BCUT2D eigenvalue weighted by atomic mass is 127. The first-order chi connectivity index (χ1) is 14.7. The molecule has 0 atom stereocenters. The van der Waals surface area contributed by atoms with E-state index in [9.17, 15) is 4.79 Å². The van der Waals surface area contributed by atoms with Crippen LogP contribution >= 0.6 is 24.0 Å². The number of halogens is 1. The van der Waals surface area contributed by atoms with Crippen LogP contribution in [0.4, 0.5) is 0 Å². The van der Waals surface area contributed by atoms with Gasteiger partial charge in [0.2, 0.25) is 11.8 Å². The highest BCUT2D eigenvalue weighted by molar-refractivity contribution is 14.0. The van der Waals surface area contributed by atoms with Crippen molar-refractivity contribution in [2.45, 2.75) is 51.6 Å². The number of nitrogens with one attached hydrogen (secondary N) is 3. The molecule has 1 saturated carbocycles. The Bertz CT molecular complexity index is 705. The van der Waals surface area contributed by atoms with Crippen LogP contribution in [0.15, 0.2) is 23.3 Å². The van der Waals surface area contributed by atoms with Crippen LogP contribution in [-0.4, -0.2) is 67.6 Å². The number of hydrogen-bond donors (Lipinski definition) is 3. The molecule has 174 valence electrons. The molecule has 3 N–H and O–H groups in total. The number of hydrogen-bond acceptors (Lipinski definition) is 5. The number of carbonyl (C=O) groups is 1. The second-order valence-electron chi connectivity index (χ2n) is 8.23. The molecule has 8 nitrogen and oxygen atoms in total. The van der Waals surface area contributed by atoms with E-state index in [4.69, 9.17) is 4.74 Å². The van der Waals surface area contributed by atoms with Gasteiger partial charge in [-0.3, -0.25) is 14.7 Å². The normalized spacial score (nSPS) is 17.5. The summed E-state index contributed by atoms with van der Waals surface area (Å²) >= 11 is 0. The standard InChI is InChI=1S/C22H36N6O2.HI/c1-3-9-24-20(29)15-28-11-7-19(8-12-28)27-22(23-2)26-14-18-6-10-25-21(13-18)30-16-17-4-5-17;/h6,10,13,17,19H,3-5,7-9,11-12,14-16H2,1-2H3,(H,24,29)(H2,23,26,27);1H. The molecule has 0 spiro atoms. The van der Waals surface area contributed by atoms with E-state index in [0.717, 1.165) is 57.0 Å². The molecule has 0 bridgehead atoms. The summed E-state index contributed by atoms with van der Waals surface area (Å²) in [4.78, 5) is 22.8. The molecular formula is C22H37IN6O2. The molecule has 0 aromatic carbocycles. The summed E-state index contributed by atoms with van der Waals surface area (Å²) in [5.74, 6) is 2.33. The SMILES string of the molecule is CCCNC(=O)CN1CCC(NC(=NC)NCc2ccnc(OCC3CC3)c2)CC1.I. The molecule has 1 aliphatic carbocycles. The third-order valence-corrected chi connectivity index (χ3v) is 5.51. The Morgan fingerprint density at radius 3 is 2.71 bits per heavy atom. The summed E-state index contributed by atoms with van der Waals surface area (Å²) in [6.07, 6.45) is 7.30. The Labute approximate surface area is 203 Å². The molecule has 1 aliphatic heterocycles. The second-order valence-corrected chi connectivity index (χ2v) is 8.23. The minimum absolute atomic E-state index is 0. The van der Waals surface area contributed by atoms with Crippen molar-refractivity contribution in [3.63, 3.8) is 0 Å². The molecule has 1 saturated heterocycles. The number of carbonyl (C=O) groups excluding carboxylic acids is 1. The van der Waals surface area contributed by atoms with E-state index in [1.807, 2.05) is 12.1 Å². The minimum Gasteiger partial charge on any atom is -0.477 e. The number of guanidine groups is 1. The van der Waals surface area contributed by atoms with Gasteiger partial charge in [-0.1, -0.05) is 6.92 Å². The maximum Gasteiger partial charge on any atom is 0.234 e. The number of aromatic nitrogens is 1. The highest BCUT2D eigenvalue weighted by Crippen LogP contribution is 2.29. The lowest BCUT2D eigenvalue weighted by Gasteiger charge is -2.32. The van der Waals surface area contributed by atoms with Crippen LogP contribution in [0.2, 0.25) is 0 Å². The fourth-order valence-corrected chi connectivity index (χ4v) is 3.46. The van der Waals surface area contributed by atoms with Crippen molar-refractivity contribution in [3.8, 4) is 5.88 Å². The Kier molecular flexibility index (Phi) is 11.3. The van der Waals surface area contributed by atoms with E-state index in [0.29, 0.717) is 30.9 Å². The molecule has 31 heavy (non-hydrogen) atoms. The molecule has 2 heterocycles. The Morgan fingerprint density at radius 2 is 2.03 bits per heavy atom. The number of amides is 1. The van der Waals surface area contributed by atoms with Crippen molar-refractivity contribution >= 4 is 35.8 Å². The molecule has 2 aliphatic rings. The van der Waals surface area contributed by atoms with E-state index < -0.39 is 0 Å². The highest BCUT2D eigenvalue weighted by Gasteiger charge is 2.22. The van der Waals surface area contributed by atoms with Crippen molar-refractivity contribution < 1.29 is 9.53 Å². The minimum atomic E-state index is 0. The van der Waals surface area contributed by atoms with E-state index >= 15 is 0 Å². The van der Waals surface area contributed by atoms with Gasteiger partial charge in [-0.2, -0.15) is 0 Å². The number of pyridine rings is 1. The molecule has 3 rings (SSSR count). The lowest BCUT2D eigenvalue weighted by Crippen LogP contribution is -2.50. The third kappa shape index (κ3) is 9.59. The lowest BCUT2D eigenvalue weighted by molar-refractivity contribution is -0.122. The Balaban J connectivity index is 0.00000341. The molecule has 9 heteroatoms. The van der Waals surface area contributed by atoms with Crippen molar-refractivity contribution in [2.75, 3.05) is 39.8 Å². The van der Waals surface area contributed by atoms with Crippen LogP contribution in [0.25, 0.3) is 0 Å². The van der Waals surface area contributed by atoms with Crippen LogP contribution in [0.3, 0.4) is 0 Å². The summed E-state index contributed by atoms with van der Waals surface area (Å²) in [6, 6.07) is 4.35. The van der Waals surface area contributed by atoms with E-state index in [2.05, 4.69) is 37.8 Å². The quantitative estimate of drug-likeness (QED) is 0.238. The summed E-state index contributed by atoms with van der Waals surface area (Å²) in [7, 11) is 1.79. The smallest absolute Gasteiger partial charge is 0.234 e. The van der Waals surface area contributed by atoms with Crippen LogP contribution in [0.5, 0.6) is 5.88 Å². The van der Waals surface area contributed by atoms with Crippen molar-refractivity contribution in [1.29, 1.82) is 0 Å². The second kappa shape index (κ2) is 13.7. The predicted octanol–water partition coefficient (Wildman–Crippen LogP) is 2.14. The van der Waals surface area contributed by atoms with Gasteiger partial charge in [0.1, 0.15) is 0 Å². The Hall–Kier alpha value is -1.62. The van der Waals surface area contributed by atoms with Gasteiger partial charge in [0.15, 0.2) is 5.96 Å². The maximum atomic E-state index is 11.9. The fourth-order valence-electron chi connectivity index (χ4n) is 3.46. The fraction of sp³-hybridized carbons (Fsp3) is 0.682. The number of likely N-dealkylation sites (tertiary alicyclic amines) is 1. The topological polar surface area (TPSA) is 90.9 Å². The van der Waals surface area contributed by atoms with Gasteiger partial charge in [-0.25, -0.2) is 4.98 Å². The van der Waals surface area contributed by atoms with Crippen LogP contribution in [0.1, 0.15) is 44.6 Å². The molecule has 0 radical (unpaired) electrons. The predicted molar refractivity (Wildman–Crippen MR) is 134 cm³/mol. The zero-order valence-electron chi connectivity index (χ0n) is 18.7. The summed E-state index contributed by atoms with van der Waals surface area (Å²) in [6.45, 7) is 6.58. The first-order valence-corrected chi connectivity index (χ1v) is 11.2. The molecule has 1 amide bonds. The Morgan fingerprint density at radius 1 is 1.26 bits per heavy atom. The van der Waals surface area contributed by atoms with Gasteiger partial charge < -0.3 is 20.7 Å². The van der Waals surface area contributed by atoms with Crippen molar-refractivity contribution in [1.82, 2.24) is 25.8 Å². The summed E-state index contributed by atoms with van der Waals surface area (Å²) in [5.41, 5.74) is 1.12. The number of ether oxygens (including phenoxy) is 1. The largest absolute Gasteiger partial charge is 0.477 e. The number of rotatable bonds is 10. The van der Waals surface area contributed by atoms with Crippen molar-refractivity contribution in [2.24, 2.45) is 10.9 Å². The third-order valence-electron chi connectivity index (χ3n) is 5.51. The number of aliphatic imine (C=N–C) groups is 1. The average molecular weight is 544 g/mol. The van der Waals surface area contributed by atoms with Gasteiger partial charge in [-0.15, -0.1) is 24.0 Å². The lowest BCUT2D eigenvalue weighted by atomic mass is 10.1. The van der Waals surface area contributed by atoms with Gasteiger partial charge >= 0.3 is 0 Å². The summed E-state index contributed by atoms with van der Waals surface area (Å²) < 4.78 is 5.77. The molecule has 2 fully saturated rings. The molecular weight excluding hydrogens is 507 g/mol. The van der Waals surface area contributed by atoms with E-state index in [-0.39, 0.29) is 29.9 Å². The molecule has 1 aromatic rings. The molecule has 0 unspecified atom stereocenters. The van der Waals surface area contributed by atoms with Gasteiger partial charge in [-0.05, 0) is 49.7 Å². The van der Waals surface area contributed by atoms with E-state index in [1.165, 1.54) is 12.8 Å². The van der Waals surface area contributed by atoms with Crippen molar-refractivity contribution in [3.05, 3.63) is 23.9 Å². The molecule has 1 aromatic heterocycles. The number of piperidine rings is 1. The maximum absolute atomic E-state index is 11.9. The monoisotopic (exact) mass is 544 g/mol. The van der Waals surface area contributed by atoms with Gasteiger partial charge in [0, 0.05) is 51.5 Å². The first-order valence-electron chi connectivity index (χ1n) is 11.2. The van der Waals surface area contributed by atoms with Gasteiger partial charge in [0.05, 0.1) is 13.2 Å². The van der Waals surface area contributed by atoms with Crippen LogP contribution in [0, 0.1) is 5.92 Å². The summed E-state index contributed by atoms with van der Waals surface area (Å²) in [5, 5.41) is 9.84. The van der Waals surface area contributed by atoms with Crippen LogP contribution in [-0.2, 0) is 11.3 Å². The zero-order chi connectivity index (χ0) is 21.2. The van der Waals surface area contributed by atoms with Crippen LogP contribution < -0.4 is 20.7 Å². The van der Waals surface area contributed by atoms with Gasteiger partial charge in [0.25, 0.3) is 0 Å². The zero-order valence-corrected chi connectivity index (χ0v) is 21.1. The first kappa shape index (κ1) is 25.6. The number of nitrogens with zero attached hydrogens (tertiary/aromatic N) is 3. The average Bonchev–Trinajstić information content (AvgIpc) is 3.60. The van der Waals surface area contributed by atoms with E-state index in [1.54, 1.807) is 13.2 Å².